The summed E-state index contributed by atoms with van der Waals surface area (Å²) >= 11 is 12.2. The predicted octanol–water partition coefficient (Wildman–Crippen LogP) is 5.42. The first kappa shape index (κ1) is 23.1. The summed E-state index contributed by atoms with van der Waals surface area (Å²) in [7, 11) is -3.59. The molecule has 0 amide bonds. The number of aromatic nitrogens is 2. The summed E-state index contributed by atoms with van der Waals surface area (Å²) in [5.74, 6) is 1.39. The lowest BCUT2D eigenvalue weighted by Gasteiger charge is -2.35. The molecule has 3 aromatic carbocycles. The van der Waals surface area contributed by atoms with Gasteiger partial charge in [-0.1, -0.05) is 53.0 Å². The Morgan fingerprint density at radius 1 is 0.794 bits per heavy atom. The Bertz CT molecular complexity index is 1450. The molecule has 0 N–H and O–H groups in total. The van der Waals surface area contributed by atoms with Crippen molar-refractivity contribution in [3.8, 4) is 11.4 Å². The first-order valence-electron chi connectivity index (χ1n) is 10.9. The van der Waals surface area contributed by atoms with Crippen LogP contribution in [0.4, 0.5) is 5.82 Å². The van der Waals surface area contributed by atoms with E-state index in [2.05, 4.69) is 4.90 Å². The highest BCUT2D eigenvalue weighted by molar-refractivity contribution is 7.89. The lowest BCUT2D eigenvalue weighted by Crippen LogP contribution is -2.49. The number of aryl methyl sites for hydroxylation is 1. The van der Waals surface area contributed by atoms with Crippen molar-refractivity contribution in [1.29, 1.82) is 0 Å². The number of rotatable bonds is 4. The lowest BCUT2D eigenvalue weighted by atomic mass is 10.1. The van der Waals surface area contributed by atoms with Crippen molar-refractivity contribution in [3.05, 3.63) is 82.3 Å². The minimum absolute atomic E-state index is 0.245. The van der Waals surface area contributed by atoms with Crippen LogP contribution in [0.5, 0.6) is 0 Å². The van der Waals surface area contributed by atoms with Crippen molar-refractivity contribution < 1.29 is 8.42 Å². The molecular weight excluding hydrogens is 491 g/mol. The van der Waals surface area contributed by atoms with Crippen molar-refractivity contribution in [2.24, 2.45) is 0 Å². The zero-order valence-corrected chi connectivity index (χ0v) is 20.8. The third-order valence-electron chi connectivity index (χ3n) is 5.94. The van der Waals surface area contributed by atoms with Crippen LogP contribution in [0.25, 0.3) is 22.3 Å². The maximum atomic E-state index is 13.1. The third-order valence-corrected chi connectivity index (χ3v) is 8.34. The van der Waals surface area contributed by atoms with Gasteiger partial charge in [0, 0.05) is 47.2 Å². The summed E-state index contributed by atoms with van der Waals surface area (Å²) in [6, 6.07) is 19.9. The number of fused-ring (bicyclic) bond motifs is 1. The zero-order chi connectivity index (χ0) is 23.9. The van der Waals surface area contributed by atoms with Gasteiger partial charge in [-0.2, -0.15) is 4.31 Å². The molecule has 6 nitrogen and oxygen atoms in total. The molecule has 34 heavy (non-hydrogen) atoms. The molecule has 0 spiro atoms. The topological polar surface area (TPSA) is 66.4 Å². The molecule has 1 aliphatic heterocycles. The van der Waals surface area contributed by atoms with E-state index >= 15 is 0 Å². The van der Waals surface area contributed by atoms with Gasteiger partial charge >= 0.3 is 0 Å². The first-order valence-corrected chi connectivity index (χ1v) is 13.1. The molecule has 0 saturated carbocycles. The Hall–Kier alpha value is -2.71. The van der Waals surface area contributed by atoms with Gasteiger partial charge in [-0.3, -0.25) is 0 Å². The molecule has 0 bridgehead atoms. The highest BCUT2D eigenvalue weighted by Gasteiger charge is 2.29. The average molecular weight is 513 g/mol. The van der Waals surface area contributed by atoms with Crippen LogP contribution in [0.1, 0.15) is 5.56 Å². The molecule has 2 heterocycles. The Kier molecular flexibility index (Phi) is 6.20. The highest BCUT2D eigenvalue weighted by Crippen LogP contribution is 2.31. The Balaban J connectivity index is 1.46. The van der Waals surface area contributed by atoms with Gasteiger partial charge in [-0.15, -0.1) is 0 Å². The fourth-order valence-electron chi connectivity index (χ4n) is 4.05. The van der Waals surface area contributed by atoms with Crippen LogP contribution in [-0.4, -0.2) is 48.9 Å². The molecule has 1 fully saturated rings. The van der Waals surface area contributed by atoms with Gasteiger partial charge in [-0.25, -0.2) is 18.4 Å². The minimum Gasteiger partial charge on any atom is -0.353 e. The van der Waals surface area contributed by atoms with Crippen molar-refractivity contribution in [3.63, 3.8) is 0 Å². The SMILES string of the molecule is Cc1ccc(-c2nc(N3CCN(S(=O)(=O)c4ccc(Cl)cc4)CC3)c3ccc(Cl)cc3n2)cc1. The van der Waals surface area contributed by atoms with Crippen LogP contribution >= 0.6 is 23.2 Å². The van der Waals surface area contributed by atoms with E-state index in [1.165, 1.54) is 4.31 Å². The smallest absolute Gasteiger partial charge is 0.243 e. The molecule has 4 aromatic rings. The molecule has 0 unspecified atom stereocenters. The zero-order valence-electron chi connectivity index (χ0n) is 18.4. The Morgan fingerprint density at radius 3 is 2.12 bits per heavy atom. The molecule has 5 rings (SSSR count). The fraction of sp³-hybridized carbons (Fsp3) is 0.200. The number of halogens is 2. The standard InChI is InChI=1S/C25H22Cl2N4O2S/c1-17-2-4-18(5-3-17)24-28-23-16-20(27)8-11-22(23)25(29-24)30-12-14-31(15-13-30)34(32,33)21-9-6-19(26)7-10-21/h2-11,16H,12-15H2,1H3. The Morgan fingerprint density at radius 2 is 1.44 bits per heavy atom. The summed E-state index contributed by atoms with van der Waals surface area (Å²) in [4.78, 5) is 12.0. The number of benzene rings is 3. The molecule has 174 valence electrons. The molecule has 0 atom stereocenters. The second kappa shape index (κ2) is 9.15. The van der Waals surface area contributed by atoms with E-state index in [1.54, 1.807) is 24.3 Å². The molecule has 1 aromatic heterocycles. The lowest BCUT2D eigenvalue weighted by molar-refractivity contribution is 0.384. The van der Waals surface area contributed by atoms with Crippen LogP contribution in [-0.2, 0) is 10.0 Å². The van der Waals surface area contributed by atoms with Gasteiger partial charge < -0.3 is 4.90 Å². The van der Waals surface area contributed by atoms with Crippen molar-refractivity contribution in [2.45, 2.75) is 11.8 Å². The summed E-state index contributed by atoms with van der Waals surface area (Å²) in [6.07, 6.45) is 0. The van der Waals surface area contributed by atoms with Crippen LogP contribution in [0.15, 0.2) is 71.6 Å². The number of piperazine rings is 1. The summed E-state index contributed by atoms with van der Waals surface area (Å²) in [6.45, 7) is 3.76. The number of sulfonamides is 1. The van der Waals surface area contributed by atoms with Gasteiger partial charge in [0.25, 0.3) is 0 Å². The van der Waals surface area contributed by atoms with E-state index in [0.717, 1.165) is 27.8 Å². The number of hydrogen-bond donors (Lipinski definition) is 0. The number of anilines is 1. The van der Waals surface area contributed by atoms with E-state index in [4.69, 9.17) is 33.2 Å². The molecule has 1 saturated heterocycles. The van der Waals surface area contributed by atoms with Crippen LogP contribution < -0.4 is 4.90 Å². The van der Waals surface area contributed by atoms with Crippen molar-refractivity contribution in [1.82, 2.24) is 14.3 Å². The van der Waals surface area contributed by atoms with Crippen molar-refractivity contribution >= 4 is 49.9 Å². The van der Waals surface area contributed by atoms with E-state index in [0.29, 0.717) is 42.0 Å². The first-order chi connectivity index (χ1) is 16.3. The summed E-state index contributed by atoms with van der Waals surface area (Å²) < 4.78 is 27.7. The van der Waals surface area contributed by atoms with Gasteiger partial charge in [0.15, 0.2) is 5.82 Å². The van der Waals surface area contributed by atoms with E-state index in [-0.39, 0.29) is 4.90 Å². The quantitative estimate of drug-likeness (QED) is 0.365. The second-order valence-electron chi connectivity index (χ2n) is 8.24. The highest BCUT2D eigenvalue weighted by atomic mass is 35.5. The molecule has 1 aliphatic rings. The third kappa shape index (κ3) is 4.49. The van der Waals surface area contributed by atoms with E-state index in [1.807, 2.05) is 49.4 Å². The van der Waals surface area contributed by atoms with Gasteiger partial charge in [0.2, 0.25) is 10.0 Å². The summed E-state index contributed by atoms with van der Waals surface area (Å²) in [5, 5.41) is 1.99. The van der Waals surface area contributed by atoms with Gasteiger partial charge in [0.1, 0.15) is 5.82 Å². The van der Waals surface area contributed by atoms with Gasteiger partial charge in [-0.05, 0) is 49.4 Å². The largest absolute Gasteiger partial charge is 0.353 e. The molecular formula is C25H22Cl2N4O2S. The number of hydrogen-bond acceptors (Lipinski definition) is 5. The molecule has 0 radical (unpaired) electrons. The van der Waals surface area contributed by atoms with Crippen LogP contribution in [0.2, 0.25) is 10.0 Å². The van der Waals surface area contributed by atoms with Crippen molar-refractivity contribution in [2.75, 3.05) is 31.1 Å². The Labute approximate surface area is 208 Å². The van der Waals surface area contributed by atoms with E-state index in [9.17, 15) is 8.42 Å². The monoisotopic (exact) mass is 512 g/mol. The fourth-order valence-corrected chi connectivity index (χ4v) is 5.77. The van der Waals surface area contributed by atoms with Crippen LogP contribution in [0.3, 0.4) is 0 Å². The predicted molar refractivity (Wildman–Crippen MR) is 137 cm³/mol. The maximum absolute atomic E-state index is 13.1. The second-order valence-corrected chi connectivity index (χ2v) is 11.1. The normalized spacial score (nSPS) is 15.1. The minimum atomic E-state index is -3.59. The molecule has 0 aliphatic carbocycles. The maximum Gasteiger partial charge on any atom is 0.243 e. The van der Waals surface area contributed by atoms with E-state index < -0.39 is 10.0 Å². The van der Waals surface area contributed by atoms with Crippen LogP contribution in [0, 0.1) is 6.92 Å². The van der Waals surface area contributed by atoms with Gasteiger partial charge in [0.05, 0.1) is 10.4 Å². The summed E-state index contributed by atoms with van der Waals surface area (Å²) in [5.41, 5.74) is 2.83. The molecule has 9 heteroatoms. The number of nitrogens with zero attached hydrogens (tertiary/aromatic N) is 4. The average Bonchev–Trinajstić information content (AvgIpc) is 2.84.